The molecule has 9 heteroatoms. The minimum atomic E-state index is -4.68. The van der Waals surface area contributed by atoms with Crippen molar-refractivity contribution in [3.63, 3.8) is 0 Å². The highest BCUT2D eigenvalue weighted by molar-refractivity contribution is 5.79. The van der Waals surface area contributed by atoms with E-state index in [-0.39, 0.29) is 31.1 Å². The molecule has 1 amide bonds. The first-order chi connectivity index (χ1) is 16.7. The summed E-state index contributed by atoms with van der Waals surface area (Å²) >= 11 is 0. The Morgan fingerprint density at radius 3 is 2.20 bits per heavy atom. The molecule has 0 heterocycles. The Balaban J connectivity index is 1.29. The minimum Gasteiger partial charge on any atom is -0.449 e. The first kappa shape index (κ1) is 24.6. The van der Waals surface area contributed by atoms with Gasteiger partial charge in [-0.1, -0.05) is 54.6 Å². The molecule has 0 saturated carbocycles. The highest BCUT2D eigenvalue weighted by atomic mass is 19.4. The zero-order valence-corrected chi connectivity index (χ0v) is 18.6. The maximum Gasteiger partial charge on any atom is 0.418 e. The third-order valence-corrected chi connectivity index (χ3v) is 6.14. The van der Waals surface area contributed by atoms with Gasteiger partial charge in [0.2, 0.25) is 0 Å². The number of benzene rings is 3. The first-order valence-corrected chi connectivity index (χ1v) is 11.1. The van der Waals surface area contributed by atoms with Crippen molar-refractivity contribution in [1.82, 2.24) is 5.32 Å². The van der Waals surface area contributed by atoms with Gasteiger partial charge in [-0.3, -0.25) is 0 Å². The average Bonchev–Trinajstić information content (AvgIpc) is 3.15. The Kier molecular flexibility index (Phi) is 7.00. The fraction of sp³-hybridized carbons (Fsp3) is 0.269. The molecule has 0 bridgehead atoms. The summed E-state index contributed by atoms with van der Waals surface area (Å²) in [6, 6.07) is 18.8. The minimum absolute atomic E-state index is 0.0456. The molecule has 0 aromatic heterocycles. The smallest absolute Gasteiger partial charge is 0.418 e. The lowest BCUT2D eigenvalue weighted by atomic mass is 9.98. The fourth-order valence-electron chi connectivity index (χ4n) is 4.35. The number of hydrogen-bond donors (Lipinski definition) is 4. The van der Waals surface area contributed by atoms with E-state index in [0.717, 1.165) is 28.3 Å². The summed E-state index contributed by atoms with van der Waals surface area (Å²) in [6.45, 7) is 0.0761. The van der Waals surface area contributed by atoms with Crippen LogP contribution < -0.4 is 11.1 Å². The van der Waals surface area contributed by atoms with Gasteiger partial charge in [-0.15, -0.1) is 0 Å². The second-order valence-electron chi connectivity index (χ2n) is 8.40. The van der Waals surface area contributed by atoms with Crippen LogP contribution in [0.2, 0.25) is 0 Å². The third-order valence-electron chi connectivity index (χ3n) is 6.14. The quantitative estimate of drug-likeness (QED) is 0.365. The van der Waals surface area contributed by atoms with E-state index in [9.17, 15) is 28.2 Å². The summed E-state index contributed by atoms with van der Waals surface area (Å²) in [6.07, 6.45) is -8.47. The summed E-state index contributed by atoms with van der Waals surface area (Å²) < 4.78 is 44.5. The van der Waals surface area contributed by atoms with E-state index in [1.165, 1.54) is 6.07 Å². The molecular weight excluding hydrogens is 461 g/mol. The van der Waals surface area contributed by atoms with E-state index in [1.54, 1.807) is 0 Å². The molecule has 0 aliphatic heterocycles. The van der Waals surface area contributed by atoms with Crippen LogP contribution in [0.5, 0.6) is 0 Å². The number of nitrogens with two attached hydrogens (primary N) is 1. The maximum absolute atomic E-state index is 13.0. The van der Waals surface area contributed by atoms with Crippen molar-refractivity contribution in [1.29, 1.82) is 0 Å². The van der Waals surface area contributed by atoms with Gasteiger partial charge in [-0.25, -0.2) is 4.79 Å². The summed E-state index contributed by atoms with van der Waals surface area (Å²) in [4.78, 5) is 12.2. The number of halogens is 3. The van der Waals surface area contributed by atoms with Crippen molar-refractivity contribution in [3.8, 4) is 11.1 Å². The second kappa shape index (κ2) is 9.97. The van der Waals surface area contributed by atoms with Crippen LogP contribution in [-0.4, -0.2) is 35.6 Å². The predicted molar refractivity (Wildman–Crippen MR) is 125 cm³/mol. The van der Waals surface area contributed by atoms with Gasteiger partial charge in [-0.05, 0) is 46.4 Å². The van der Waals surface area contributed by atoms with Gasteiger partial charge in [0.1, 0.15) is 12.7 Å². The van der Waals surface area contributed by atoms with Gasteiger partial charge in [0.15, 0.2) is 0 Å². The Bertz CT molecular complexity index is 1170. The summed E-state index contributed by atoms with van der Waals surface area (Å²) in [5.41, 5.74) is 8.03. The van der Waals surface area contributed by atoms with Crippen molar-refractivity contribution in [2.75, 3.05) is 18.9 Å². The second-order valence-corrected chi connectivity index (χ2v) is 8.40. The van der Waals surface area contributed by atoms with Gasteiger partial charge >= 0.3 is 12.3 Å². The monoisotopic (exact) mass is 486 g/mol. The zero-order valence-electron chi connectivity index (χ0n) is 18.6. The standard InChI is InChI=1S/C26H25F3N2O4/c27-26(28,29)21-13-15(9-10-22(21)30)24(33)23(32)11-12-31-25(34)35-14-20-18-7-3-1-5-16(18)17-6-2-4-8-19(17)20/h1-10,13,20,23-24,32-33H,11-12,14,30H2,(H,31,34). The topological polar surface area (TPSA) is 105 Å². The van der Waals surface area contributed by atoms with Crippen LogP contribution in [0.4, 0.5) is 23.7 Å². The molecule has 35 heavy (non-hydrogen) atoms. The van der Waals surface area contributed by atoms with Gasteiger partial charge < -0.3 is 26.0 Å². The van der Waals surface area contributed by atoms with E-state index in [4.69, 9.17) is 10.5 Å². The molecule has 0 fully saturated rings. The predicted octanol–water partition coefficient (Wildman–Crippen LogP) is 4.61. The highest BCUT2D eigenvalue weighted by Crippen LogP contribution is 2.44. The Morgan fingerprint density at radius 1 is 1.00 bits per heavy atom. The lowest BCUT2D eigenvalue weighted by Crippen LogP contribution is -2.30. The van der Waals surface area contributed by atoms with E-state index >= 15 is 0 Å². The van der Waals surface area contributed by atoms with Crippen LogP contribution in [0.3, 0.4) is 0 Å². The number of hydrogen-bond acceptors (Lipinski definition) is 5. The summed E-state index contributed by atoms with van der Waals surface area (Å²) in [7, 11) is 0. The number of amides is 1. The molecule has 184 valence electrons. The third kappa shape index (κ3) is 5.26. The highest BCUT2D eigenvalue weighted by Gasteiger charge is 2.34. The van der Waals surface area contributed by atoms with Crippen LogP contribution in [0.25, 0.3) is 11.1 Å². The number of rotatable bonds is 7. The van der Waals surface area contributed by atoms with E-state index < -0.39 is 35.7 Å². The number of alkyl carbamates (subject to hydrolysis) is 1. The number of ether oxygens (including phenoxy) is 1. The molecule has 3 aromatic rings. The van der Waals surface area contributed by atoms with Crippen molar-refractivity contribution >= 4 is 11.8 Å². The molecular formula is C26H25F3N2O4. The first-order valence-electron chi connectivity index (χ1n) is 11.1. The number of fused-ring (bicyclic) bond motifs is 3. The van der Waals surface area contributed by atoms with Gasteiger partial charge in [-0.2, -0.15) is 13.2 Å². The Morgan fingerprint density at radius 2 is 1.60 bits per heavy atom. The number of anilines is 1. The normalized spacial score (nSPS) is 14.7. The van der Waals surface area contributed by atoms with Gasteiger partial charge in [0.05, 0.1) is 11.7 Å². The van der Waals surface area contributed by atoms with E-state index in [2.05, 4.69) is 5.32 Å². The molecule has 5 N–H and O–H groups in total. The van der Waals surface area contributed by atoms with Crippen molar-refractivity contribution in [2.45, 2.75) is 30.7 Å². The number of nitrogens with one attached hydrogen (secondary N) is 1. The van der Waals surface area contributed by atoms with Crippen LogP contribution >= 0.6 is 0 Å². The molecule has 1 aliphatic carbocycles. The molecule has 2 unspecified atom stereocenters. The average molecular weight is 486 g/mol. The molecule has 4 rings (SSSR count). The number of carbonyl (C=O) groups is 1. The van der Waals surface area contributed by atoms with Crippen LogP contribution in [0.15, 0.2) is 66.7 Å². The number of nitrogen functional groups attached to an aromatic ring is 1. The van der Waals surface area contributed by atoms with Gasteiger partial charge in [0, 0.05) is 18.2 Å². The molecule has 0 spiro atoms. The van der Waals surface area contributed by atoms with E-state index in [0.29, 0.717) is 6.07 Å². The number of aliphatic hydroxyl groups is 2. The lowest BCUT2D eigenvalue weighted by molar-refractivity contribution is -0.137. The molecule has 6 nitrogen and oxygen atoms in total. The summed E-state index contributed by atoms with van der Waals surface area (Å²) in [5, 5.41) is 23.0. The van der Waals surface area contributed by atoms with Gasteiger partial charge in [0.25, 0.3) is 0 Å². The zero-order chi connectivity index (χ0) is 25.2. The molecule has 2 atom stereocenters. The number of alkyl halides is 3. The fourth-order valence-corrected chi connectivity index (χ4v) is 4.35. The van der Waals surface area contributed by atoms with Crippen LogP contribution in [0.1, 0.15) is 40.7 Å². The van der Waals surface area contributed by atoms with Crippen molar-refractivity contribution in [3.05, 3.63) is 89.0 Å². The largest absolute Gasteiger partial charge is 0.449 e. The van der Waals surface area contributed by atoms with Crippen molar-refractivity contribution in [2.24, 2.45) is 0 Å². The van der Waals surface area contributed by atoms with Crippen molar-refractivity contribution < 1.29 is 32.9 Å². The molecule has 0 saturated heterocycles. The number of aliphatic hydroxyl groups excluding tert-OH is 2. The Labute approximate surface area is 200 Å². The maximum atomic E-state index is 13.0. The number of carbonyl (C=O) groups excluding carboxylic acids is 1. The summed E-state index contributed by atoms with van der Waals surface area (Å²) in [5.74, 6) is -0.103. The van der Waals surface area contributed by atoms with Crippen LogP contribution in [0, 0.1) is 0 Å². The Hall–Kier alpha value is -3.56. The molecule has 0 radical (unpaired) electrons. The molecule has 1 aliphatic rings. The SMILES string of the molecule is Nc1ccc(C(O)C(O)CCNC(=O)OCC2c3ccccc3-c3ccccc32)cc1C(F)(F)F. The molecule has 3 aromatic carbocycles. The van der Waals surface area contributed by atoms with E-state index in [1.807, 2.05) is 48.5 Å². The lowest BCUT2D eigenvalue weighted by Gasteiger charge is -2.20. The van der Waals surface area contributed by atoms with Crippen LogP contribution in [-0.2, 0) is 10.9 Å².